The number of nitrogens with one attached hydrogen (secondary N) is 3. The molecule has 0 bridgehead atoms. The highest BCUT2D eigenvalue weighted by atomic mass is 16.6. The first-order valence-electron chi connectivity index (χ1n) is 60.0. The molecule has 4 aliphatic carbocycles. The van der Waals surface area contributed by atoms with Crippen molar-refractivity contribution in [2.24, 2.45) is 29.6 Å². The van der Waals surface area contributed by atoms with Gasteiger partial charge in [0.2, 0.25) is 0 Å². The minimum Gasteiger partial charge on any atom is -0.466 e. The van der Waals surface area contributed by atoms with E-state index in [0.29, 0.717) is 230 Å². The lowest BCUT2D eigenvalue weighted by molar-refractivity contribution is -0.147. The number of nitrogens with zero attached hydrogens (tertiary/aromatic N) is 2. The van der Waals surface area contributed by atoms with E-state index in [1.807, 2.05) is 0 Å². The molecule has 6 aliphatic rings. The molecule has 33 heteroatoms. The Morgan fingerprint density at radius 1 is 0.220 bits per heavy atom. The lowest BCUT2D eigenvalue weighted by Crippen LogP contribution is -2.42. The normalized spacial score (nSPS) is 20.6. The van der Waals surface area contributed by atoms with E-state index in [4.69, 9.17) is 66.3 Å². The second-order valence-corrected chi connectivity index (χ2v) is 43.9. The summed E-state index contributed by atoms with van der Waals surface area (Å²) in [6, 6.07) is 1.17. The second-order valence-electron chi connectivity index (χ2n) is 43.9. The van der Waals surface area contributed by atoms with Gasteiger partial charge in [-0.2, -0.15) is 0 Å². The van der Waals surface area contributed by atoms with E-state index in [-0.39, 0.29) is 154 Å². The maximum absolute atomic E-state index is 13.0. The van der Waals surface area contributed by atoms with Crippen LogP contribution in [-0.4, -0.2) is 242 Å². The molecule has 2 heterocycles. The summed E-state index contributed by atoms with van der Waals surface area (Å²) in [5.41, 5.74) is 0. The molecule has 3 N–H and O–H groups in total. The Balaban J connectivity index is 0.582. The molecule has 6 rings (SSSR count). The molecular weight excluding hydrogens is 1920 g/mol. The van der Waals surface area contributed by atoms with Gasteiger partial charge in [0, 0.05) is 127 Å². The fraction of sp³-hybridized carbons (Fsp3) is 0.880. The minimum atomic E-state index is -0.495. The number of unbranched alkanes of at least 4 members (excludes halogenated alkanes) is 31. The highest BCUT2D eigenvalue weighted by Gasteiger charge is 2.37. The summed E-state index contributed by atoms with van der Waals surface area (Å²) in [5.74, 6) is -0.0201. The first-order valence-corrected chi connectivity index (χ1v) is 60.0. The van der Waals surface area contributed by atoms with Crippen molar-refractivity contribution in [1.82, 2.24) is 25.8 Å². The standard InChI is InChI=1S/C117H201N5O28/c1-5-7-9-11-13-15-27-47-112(131)147-90-102(88-121-86-92(121)3)149-116(135)119-100-69-63-95(64-70-100)83-94-57-59-98(60-58-94)85-114(133)145-81-45-24-23-43-79-143-110(129)55-34-33-53-108(127)141-77-41-20-19-39-75-139-106(125)51-30-29-49-104(123)137-73-37-17-18-38-74-138-105(124)50-31-32-52-107(126)140-76-40-21-22-42-78-142-109(128)54-35-36-56-111(130)144-80-44-25-26-46-82-146-115(134)118-99-67-61-96(62-68-99)84-97-65-71-101(72-66-97)120-117(136)150-103(89-122-87-93(122)4)91-148-113(132)48-28-16-14-12-10-8-6-2/h92-103H,5-91H2,1-4H3,(H,118,134)(H,119,135)(H,120,136). The summed E-state index contributed by atoms with van der Waals surface area (Å²) in [6.45, 7) is 15.1. The van der Waals surface area contributed by atoms with Crippen molar-refractivity contribution in [3.63, 3.8) is 0 Å². The molecular formula is C117H201N5O28. The molecule has 862 valence electrons. The molecule has 150 heavy (non-hydrogen) atoms. The van der Waals surface area contributed by atoms with Gasteiger partial charge in [-0.1, -0.05) is 104 Å². The van der Waals surface area contributed by atoms with Crippen molar-refractivity contribution >= 4 is 83.9 Å². The molecule has 3 amide bonds. The molecule has 0 aromatic rings. The summed E-state index contributed by atoms with van der Waals surface area (Å²) in [4.78, 5) is 179. The van der Waals surface area contributed by atoms with Crippen LogP contribution in [0.4, 0.5) is 14.4 Å². The van der Waals surface area contributed by atoms with Crippen LogP contribution in [0.3, 0.4) is 0 Å². The third-order valence-corrected chi connectivity index (χ3v) is 30.3. The van der Waals surface area contributed by atoms with Gasteiger partial charge >= 0.3 is 83.9 Å². The number of hydrogen-bond acceptors (Lipinski definition) is 30. The molecule has 6 atom stereocenters. The number of carbonyl (C=O) groups is 14. The molecule has 6 fully saturated rings. The van der Waals surface area contributed by atoms with Crippen molar-refractivity contribution in [3.8, 4) is 0 Å². The van der Waals surface area contributed by atoms with Gasteiger partial charge in [-0.25, -0.2) is 14.4 Å². The Bertz CT molecular complexity index is 3430. The Labute approximate surface area is 899 Å². The zero-order valence-corrected chi connectivity index (χ0v) is 93.3. The number of alkyl carbamates (subject to hydrolysis) is 3. The Morgan fingerprint density at radius 3 is 0.647 bits per heavy atom. The van der Waals surface area contributed by atoms with Crippen molar-refractivity contribution in [2.45, 2.75) is 526 Å². The predicted molar refractivity (Wildman–Crippen MR) is 572 cm³/mol. The van der Waals surface area contributed by atoms with Crippen molar-refractivity contribution in [3.05, 3.63) is 0 Å². The predicted octanol–water partition coefficient (Wildman–Crippen LogP) is 23.3. The lowest BCUT2D eigenvalue weighted by Gasteiger charge is -2.34. The topological polar surface area (TPSA) is 410 Å². The van der Waals surface area contributed by atoms with Crippen LogP contribution in [0.5, 0.6) is 0 Å². The number of hydrogen-bond donors (Lipinski definition) is 3. The van der Waals surface area contributed by atoms with Gasteiger partial charge in [0.15, 0.2) is 12.2 Å². The SMILES string of the molecule is CCCCCCCCCC(=O)OCC(CN1CC1C)OC(=O)NC1CCC(CC2CCC(CC(=O)OCCCCCCOC(=O)CCCCC(=O)OCCCCCCOC(=O)CCCCC(=O)OCCCCCCOC(=O)CCCCC(=O)OCCCCCCOC(=O)CCCCC(=O)OCCCCCCOC(=O)NC3CCC(CC4CCC(NC(=O)OC(COC(=O)CCCCCCCCC)CN5CC5C)CC4)CC3)CC2)CC1. The molecule has 0 radical (unpaired) electrons. The maximum Gasteiger partial charge on any atom is 0.407 e. The van der Waals surface area contributed by atoms with Gasteiger partial charge < -0.3 is 82.3 Å². The molecule has 2 saturated heterocycles. The van der Waals surface area contributed by atoms with Gasteiger partial charge in [0.1, 0.15) is 13.2 Å². The van der Waals surface area contributed by atoms with Crippen LogP contribution in [0.1, 0.15) is 484 Å². The molecule has 0 aromatic carbocycles. The average Bonchev–Trinajstić information content (AvgIpc) is 1.67. The van der Waals surface area contributed by atoms with Crippen molar-refractivity contribution in [1.29, 1.82) is 0 Å². The van der Waals surface area contributed by atoms with Crippen LogP contribution in [0, 0.1) is 29.6 Å². The van der Waals surface area contributed by atoms with E-state index in [1.165, 1.54) is 64.2 Å². The first-order chi connectivity index (χ1) is 72.9. The number of carbonyl (C=O) groups excluding carboxylic acids is 14. The fourth-order valence-corrected chi connectivity index (χ4v) is 20.6. The third-order valence-electron chi connectivity index (χ3n) is 30.3. The number of esters is 11. The third kappa shape index (κ3) is 71.1. The number of amides is 3. The highest BCUT2D eigenvalue weighted by Crippen LogP contribution is 2.40. The van der Waals surface area contributed by atoms with Gasteiger partial charge in [0.25, 0.3) is 0 Å². The molecule has 6 unspecified atom stereocenters. The molecule has 0 spiro atoms. The highest BCUT2D eigenvalue weighted by molar-refractivity contribution is 5.74. The zero-order chi connectivity index (χ0) is 108. The van der Waals surface area contributed by atoms with Crippen molar-refractivity contribution in [2.75, 3.05) is 105 Å². The summed E-state index contributed by atoms with van der Waals surface area (Å²) >= 11 is 0. The first kappa shape index (κ1) is 131. The number of ether oxygens (including phenoxy) is 14. The van der Waals surface area contributed by atoms with Crippen LogP contribution in [0.25, 0.3) is 0 Å². The van der Waals surface area contributed by atoms with Gasteiger partial charge in [-0.3, -0.25) is 62.5 Å². The summed E-state index contributed by atoms with van der Waals surface area (Å²) in [5, 5.41) is 9.29. The largest absolute Gasteiger partial charge is 0.466 e. The summed E-state index contributed by atoms with van der Waals surface area (Å²) < 4.78 is 76.8. The monoisotopic (exact) mass is 2120 g/mol. The molecule has 2 aliphatic heterocycles. The van der Waals surface area contributed by atoms with E-state index in [0.717, 1.165) is 244 Å². The van der Waals surface area contributed by atoms with Crippen LogP contribution in [0.15, 0.2) is 0 Å². The van der Waals surface area contributed by atoms with Crippen molar-refractivity contribution < 1.29 is 133 Å². The summed E-state index contributed by atoms with van der Waals surface area (Å²) in [7, 11) is 0. The van der Waals surface area contributed by atoms with Gasteiger partial charge in [-0.15, -0.1) is 0 Å². The van der Waals surface area contributed by atoms with E-state index in [2.05, 4.69) is 53.4 Å². The smallest absolute Gasteiger partial charge is 0.407 e. The fourth-order valence-electron chi connectivity index (χ4n) is 20.6. The molecule has 4 saturated carbocycles. The van der Waals surface area contributed by atoms with Crippen LogP contribution in [0.2, 0.25) is 0 Å². The van der Waals surface area contributed by atoms with E-state index in [1.54, 1.807) is 0 Å². The second kappa shape index (κ2) is 85.2. The zero-order valence-electron chi connectivity index (χ0n) is 93.3. The van der Waals surface area contributed by atoms with Gasteiger partial charge in [0.05, 0.1) is 66.1 Å². The van der Waals surface area contributed by atoms with Crippen LogP contribution in [-0.2, 0) is 119 Å². The van der Waals surface area contributed by atoms with Gasteiger partial charge in [-0.05, 0) is 339 Å². The quantitative estimate of drug-likeness (QED) is 0.0220. The van der Waals surface area contributed by atoms with E-state index >= 15 is 0 Å². The van der Waals surface area contributed by atoms with Crippen LogP contribution >= 0.6 is 0 Å². The Hall–Kier alpha value is -8.10. The average molecular weight is 2130 g/mol. The summed E-state index contributed by atoms with van der Waals surface area (Å²) in [6.07, 6.45) is 55.1. The molecule has 0 aromatic heterocycles. The maximum atomic E-state index is 13.0. The lowest BCUT2D eigenvalue weighted by atomic mass is 9.74. The Kier molecular flexibility index (Phi) is 74.2. The van der Waals surface area contributed by atoms with E-state index in [9.17, 15) is 67.1 Å². The van der Waals surface area contributed by atoms with Crippen LogP contribution < -0.4 is 16.0 Å². The Morgan fingerprint density at radius 2 is 0.407 bits per heavy atom. The van der Waals surface area contributed by atoms with E-state index < -0.39 is 24.4 Å². The number of rotatable bonds is 90. The molecule has 33 nitrogen and oxygen atoms in total. The minimum absolute atomic E-state index is 0.0754.